The third-order valence-electron chi connectivity index (χ3n) is 3.02. The van der Waals surface area contributed by atoms with Gasteiger partial charge in [0.15, 0.2) is 0 Å². The van der Waals surface area contributed by atoms with Gasteiger partial charge in [0.25, 0.3) is 0 Å². The molecule has 0 bridgehead atoms. The van der Waals surface area contributed by atoms with Crippen LogP contribution in [0.1, 0.15) is 18.4 Å². The molecule has 0 amide bonds. The fourth-order valence-corrected chi connectivity index (χ4v) is 2.23. The maximum Gasteiger partial charge on any atom is 0.0992 e. The van der Waals surface area contributed by atoms with Crippen molar-refractivity contribution >= 4 is 17.3 Å². The molecule has 18 heavy (non-hydrogen) atoms. The van der Waals surface area contributed by atoms with Crippen molar-refractivity contribution in [1.29, 1.82) is 5.26 Å². The Morgan fingerprint density at radius 1 is 1.44 bits per heavy atom. The quantitative estimate of drug-likeness (QED) is 0.820. The van der Waals surface area contributed by atoms with Crippen LogP contribution >= 0.6 is 11.6 Å². The summed E-state index contributed by atoms with van der Waals surface area (Å²) in [5.41, 5.74) is 2.97. The zero-order valence-corrected chi connectivity index (χ0v) is 10.9. The largest absolute Gasteiger partial charge is 0.384 e. The summed E-state index contributed by atoms with van der Waals surface area (Å²) in [6, 6.07) is 7.40. The molecule has 0 aliphatic carbocycles. The summed E-state index contributed by atoms with van der Waals surface area (Å²) in [5.74, 6) is 0. The lowest BCUT2D eigenvalue weighted by molar-refractivity contribution is 0.683. The van der Waals surface area contributed by atoms with Crippen LogP contribution in [-0.2, 0) is 0 Å². The Balaban J connectivity index is 1.87. The van der Waals surface area contributed by atoms with E-state index in [2.05, 4.69) is 22.8 Å². The van der Waals surface area contributed by atoms with E-state index in [-0.39, 0.29) is 0 Å². The molecular weight excluding hydrogens is 246 g/mol. The topological polar surface area (TPSA) is 47.9 Å². The number of halogens is 1. The monoisotopic (exact) mass is 261 g/mol. The molecule has 1 aromatic rings. The van der Waals surface area contributed by atoms with Gasteiger partial charge in [-0.3, -0.25) is 0 Å². The summed E-state index contributed by atoms with van der Waals surface area (Å²) < 4.78 is 0. The van der Waals surface area contributed by atoms with Crippen LogP contribution in [0.5, 0.6) is 0 Å². The molecule has 1 aromatic carbocycles. The maximum atomic E-state index is 8.76. The van der Waals surface area contributed by atoms with Crippen LogP contribution in [0, 0.1) is 11.3 Å². The highest BCUT2D eigenvalue weighted by molar-refractivity contribution is 6.33. The van der Waals surface area contributed by atoms with Crippen molar-refractivity contribution in [2.45, 2.75) is 12.8 Å². The molecular formula is C14H16ClN3. The van der Waals surface area contributed by atoms with Gasteiger partial charge in [0, 0.05) is 13.1 Å². The molecule has 0 saturated heterocycles. The van der Waals surface area contributed by atoms with Gasteiger partial charge in [-0.2, -0.15) is 5.26 Å². The van der Waals surface area contributed by atoms with Crippen molar-refractivity contribution in [3.63, 3.8) is 0 Å². The highest BCUT2D eigenvalue weighted by Gasteiger charge is 2.04. The highest BCUT2D eigenvalue weighted by Crippen LogP contribution is 2.23. The molecule has 3 nitrogen and oxygen atoms in total. The van der Waals surface area contributed by atoms with E-state index in [0.717, 1.165) is 38.2 Å². The van der Waals surface area contributed by atoms with Gasteiger partial charge < -0.3 is 10.6 Å². The molecule has 0 atom stereocenters. The van der Waals surface area contributed by atoms with Crippen LogP contribution < -0.4 is 10.6 Å². The SMILES string of the molecule is N#Cc1ccc(NCCC2=CCNCC2)c(Cl)c1. The molecule has 0 spiro atoms. The number of rotatable bonds is 4. The number of anilines is 1. The van der Waals surface area contributed by atoms with Crippen molar-refractivity contribution in [2.75, 3.05) is 25.0 Å². The van der Waals surface area contributed by atoms with Gasteiger partial charge in [-0.25, -0.2) is 0 Å². The first-order chi connectivity index (χ1) is 8.79. The number of benzene rings is 1. The van der Waals surface area contributed by atoms with Crippen LogP contribution in [0.25, 0.3) is 0 Å². The Labute approximate surface area is 112 Å². The van der Waals surface area contributed by atoms with E-state index in [4.69, 9.17) is 16.9 Å². The smallest absolute Gasteiger partial charge is 0.0992 e. The second kappa shape index (κ2) is 6.44. The molecule has 1 aliphatic rings. The Morgan fingerprint density at radius 3 is 3.00 bits per heavy atom. The zero-order chi connectivity index (χ0) is 12.8. The van der Waals surface area contributed by atoms with Crippen molar-refractivity contribution in [3.8, 4) is 6.07 Å². The third-order valence-corrected chi connectivity index (χ3v) is 3.33. The Morgan fingerprint density at radius 2 is 2.33 bits per heavy atom. The Hall–Kier alpha value is -1.50. The van der Waals surface area contributed by atoms with Crippen LogP contribution in [0.3, 0.4) is 0 Å². The van der Waals surface area contributed by atoms with Gasteiger partial charge in [0.2, 0.25) is 0 Å². The summed E-state index contributed by atoms with van der Waals surface area (Å²) in [6.07, 6.45) is 4.42. The average molecular weight is 262 g/mol. The molecule has 0 radical (unpaired) electrons. The molecule has 0 unspecified atom stereocenters. The van der Waals surface area contributed by atoms with Crippen molar-refractivity contribution in [1.82, 2.24) is 5.32 Å². The summed E-state index contributed by atoms with van der Waals surface area (Å²) in [4.78, 5) is 0. The lowest BCUT2D eigenvalue weighted by Gasteiger charge is -2.15. The van der Waals surface area contributed by atoms with Crippen LogP contribution in [0.2, 0.25) is 5.02 Å². The van der Waals surface area contributed by atoms with E-state index >= 15 is 0 Å². The normalized spacial score (nSPS) is 14.8. The number of nitriles is 1. The van der Waals surface area contributed by atoms with Gasteiger partial charge in [0.05, 0.1) is 22.3 Å². The number of hydrogen-bond acceptors (Lipinski definition) is 3. The van der Waals surface area contributed by atoms with Gasteiger partial charge in [-0.05, 0) is 37.6 Å². The molecule has 4 heteroatoms. The number of nitrogens with one attached hydrogen (secondary N) is 2. The second-order valence-electron chi connectivity index (χ2n) is 4.30. The summed E-state index contributed by atoms with van der Waals surface area (Å²) >= 11 is 6.09. The Kier molecular flexibility index (Phi) is 4.63. The lowest BCUT2D eigenvalue weighted by Crippen LogP contribution is -2.21. The molecule has 0 saturated carbocycles. The van der Waals surface area contributed by atoms with E-state index in [1.54, 1.807) is 12.1 Å². The molecule has 0 aromatic heterocycles. The zero-order valence-electron chi connectivity index (χ0n) is 10.2. The maximum absolute atomic E-state index is 8.76. The fourth-order valence-electron chi connectivity index (χ4n) is 1.98. The standard InChI is InChI=1S/C14H16ClN3/c15-13-9-12(10-16)1-2-14(13)18-8-5-11-3-6-17-7-4-11/h1-3,9,17-18H,4-8H2. The van der Waals surface area contributed by atoms with Gasteiger partial charge >= 0.3 is 0 Å². The van der Waals surface area contributed by atoms with Crippen molar-refractivity contribution < 1.29 is 0 Å². The summed E-state index contributed by atoms with van der Waals surface area (Å²) in [7, 11) is 0. The Bertz CT molecular complexity index is 488. The highest BCUT2D eigenvalue weighted by atomic mass is 35.5. The lowest BCUT2D eigenvalue weighted by atomic mass is 10.1. The van der Waals surface area contributed by atoms with Crippen molar-refractivity contribution in [2.24, 2.45) is 0 Å². The van der Waals surface area contributed by atoms with E-state index in [0.29, 0.717) is 10.6 Å². The van der Waals surface area contributed by atoms with Crippen molar-refractivity contribution in [3.05, 3.63) is 40.4 Å². The molecule has 2 N–H and O–H groups in total. The van der Waals surface area contributed by atoms with E-state index in [9.17, 15) is 0 Å². The van der Waals surface area contributed by atoms with E-state index < -0.39 is 0 Å². The van der Waals surface area contributed by atoms with E-state index in [1.165, 1.54) is 5.57 Å². The van der Waals surface area contributed by atoms with Gasteiger partial charge in [-0.15, -0.1) is 0 Å². The van der Waals surface area contributed by atoms with Crippen LogP contribution in [0.4, 0.5) is 5.69 Å². The molecule has 94 valence electrons. The minimum Gasteiger partial charge on any atom is -0.384 e. The van der Waals surface area contributed by atoms with Crippen LogP contribution in [-0.4, -0.2) is 19.6 Å². The summed E-state index contributed by atoms with van der Waals surface area (Å²) in [5, 5.41) is 16.0. The molecule has 0 fully saturated rings. The molecule has 2 rings (SSSR count). The second-order valence-corrected chi connectivity index (χ2v) is 4.71. The van der Waals surface area contributed by atoms with Gasteiger partial charge in [-0.1, -0.05) is 23.3 Å². The molecule has 1 heterocycles. The number of hydrogen-bond donors (Lipinski definition) is 2. The first kappa shape index (κ1) is 12.9. The first-order valence-electron chi connectivity index (χ1n) is 6.12. The first-order valence-corrected chi connectivity index (χ1v) is 6.49. The third kappa shape index (κ3) is 3.49. The van der Waals surface area contributed by atoms with Gasteiger partial charge in [0.1, 0.15) is 0 Å². The fraction of sp³-hybridized carbons (Fsp3) is 0.357. The minimum atomic E-state index is 0.589. The van der Waals surface area contributed by atoms with Crippen LogP contribution in [0.15, 0.2) is 29.8 Å². The molecule has 1 aliphatic heterocycles. The minimum absolute atomic E-state index is 0.589. The number of nitrogens with zero attached hydrogens (tertiary/aromatic N) is 1. The predicted molar refractivity (Wildman–Crippen MR) is 74.8 cm³/mol. The summed E-state index contributed by atoms with van der Waals surface area (Å²) in [6.45, 7) is 2.92. The predicted octanol–water partition coefficient (Wildman–Crippen LogP) is 2.93. The average Bonchev–Trinajstić information content (AvgIpc) is 2.42. The van der Waals surface area contributed by atoms with E-state index in [1.807, 2.05) is 6.07 Å².